The Labute approximate surface area is 196 Å². The van der Waals surface area contributed by atoms with Crippen molar-refractivity contribution in [2.75, 3.05) is 19.0 Å². The van der Waals surface area contributed by atoms with Gasteiger partial charge in [0.1, 0.15) is 5.75 Å². The maximum Gasteiger partial charge on any atom is 0.255 e. The molecule has 0 heterocycles. The third-order valence-corrected chi connectivity index (χ3v) is 7.12. The Balaban J connectivity index is 1.83. The van der Waals surface area contributed by atoms with Gasteiger partial charge in [-0.25, -0.2) is 8.42 Å². The average molecular weight is 467 g/mol. The van der Waals surface area contributed by atoms with E-state index in [0.717, 1.165) is 0 Å². The van der Waals surface area contributed by atoms with Gasteiger partial charge >= 0.3 is 0 Å². The van der Waals surface area contributed by atoms with Gasteiger partial charge in [0.2, 0.25) is 10.0 Å². The average Bonchev–Trinajstić information content (AvgIpc) is 2.81. The van der Waals surface area contributed by atoms with Crippen LogP contribution >= 0.6 is 0 Å². The van der Waals surface area contributed by atoms with Crippen molar-refractivity contribution in [2.45, 2.75) is 38.1 Å². The second kappa shape index (κ2) is 10.6. The molecule has 0 spiro atoms. The van der Waals surface area contributed by atoms with Gasteiger partial charge in [0.25, 0.3) is 5.91 Å². The van der Waals surface area contributed by atoms with E-state index in [0.29, 0.717) is 35.1 Å². The van der Waals surface area contributed by atoms with Crippen LogP contribution in [-0.2, 0) is 16.6 Å². The SMILES string of the molecule is CCOc1ccc(C(=O)Nc2ccc(C(C)C)cc2)cc1CN(C)S(=O)(=O)c1ccccc1. The molecule has 6 nitrogen and oxygen atoms in total. The Morgan fingerprint density at radius 1 is 1.00 bits per heavy atom. The molecule has 0 radical (unpaired) electrons. The molecule has 0 aliphatic carbocycles. The maximum atomic E-state index is 12.9. The van der Waals surface area contributed by atoms with E-state index in [9.17, 15) is 13.2 Å². The molecule has 0 bridgehead atoms. The van der Waals surface area contributed by atoms with Gasteiger partial charge in [-0.3, -0.25) is 4.79 Å². The quantitative estimate of drug-likeness (QED) is 0.465. The van der Waals surface area contributed by atoms with Gasteiger partial charge in [0.15, 0.2) is 0 Å². The lowest BCUT2D eigenvalue weighted by Crippen LogP contribution is -2.27. The van der Waals surface area contributed by atoms with Crippen molar-refractivity contribution in [2.24, 2.45) is 0 Å². The lowest BCUT2D eigenvalue weighted by Gasteiger charge is -2.20. The number of nitrogens with zero attached hydrogens (tertiary/aromatic N) is 1. The summed E-state index contributed by atoms with van der Waals surface area (Å²) in [5, 5.41) is 2.90. The van der Waals surface area contributed by atoms with Gasteiger partial charge < -0.3 is 10.1 Å². The molecule has 33 heavy (non-hydrogen) atoms. The first-order chi connectivity index (χ1) is 15.7. The molecule has 7 heteroatoms. The Kier molecular flexibility index (Phi) is 7.89. The lowest BCUT2D eigenvalue weighted by molar-refractivity contribution is 0.102. The number of anilines is 1. The first-order valence-corrected chi connectivity index (χ1v) is 12.3. The van der Waals surface area contributed by atoms with Gasteiger partial charge in [-0.05, 0) is 60.9 Å². The van der Waals surface area contributed by atoms with E-state index in [1.54, 1.807) is 48.5 Å². The number of nitrogens with one attached hydrogen (secondary N) is 1. The summed E-state index contributed by atoms with van der Waals surface area (Å²) in [6.45, 7) is 6.58. The Morgan fingerprint density at radius 3 is 2.27 bits per heavy atom. The molecular formula is C26H30N2O4S. The zero-order chi connectivity index (χ0) is 24.0. The van der Waals surface area contributed by atoms with Gasteiger partial charge in [0.05, 0.1) is 11.5 Å². The van der Waals surface area contributed by atoms with Gasteiger partial charge in [-0.2, -0.15) is 4.31 Å². The predicted octanol–water partition coefficient (Wildman–Crippen LogP) is 5.28. The van der Waals surface area contributed by atoms with Crippen LogP contribution in [0, 0.1) is 0 Å². The van der Waals surface area contributed by atoms with Crippen molar-refractivity contribution >= 4 is 21.6 Å². The number of benzene rings is 3. The number of carbonyl (C=O) groups is 1. The van der Waals surface area contributed by atoms with Crippen LogP contribution in [0.5, 0.6) is 5.75 Å². The van der Waals surface area contributed by atoms with E-state index < -0.39 is 10.0 Å². The highest BCUT2D eigenvalue weighted by Crippen LogP contribution is 2.25. The van der Waals surface area contributed by atoms with E-state index in [1.165, 1.54) is 16.9 Å². The molecule has 3 aromatic carbocycles. The van der Waals surface area contributed by atoms with E-state index in [4.69, 9.17) is 4.74 Å². The molecule has 0 aromatic heterocycles. The molecule has 3 aromatic rings. The van der Waals surface area contributed by atoms with Crippen molar-refractivity contribution in [3.63, 3.8) is 0 Å². The minimum absolute atomic E-state index is 0.0662. The summed E-state index contributed by atoms with van der Waals surface area (Å²) in [7, 11) is -2.17. The summed E-state index contributed by atoms with van der Waals surface area (Å²) in [4.78, 5) is 13.1. The molecule has 0 saturated carbocycles. The first kappa shape index (κ1) is 24.5. The summed E-state index contributed by atoms with van der Waals surface area (Å²) >= 11 is 0. The molecule has 0 atom stereocenters. The third-order valence-electron chi connectivity index (χ3n) is 5.30. The van der Waals surface area contributed by atoms with Crippen LogP contribution in [0.25, 0.3) is 0 Å². The number of amides is 1. The molecule has 0 aliphatic heterocycles. The second-order valence-corrected chi connectivity index (χ2v) is 10.1. The highest BCUT2D eigenvalue weighted by Gasteiger charge is 2.22. The minimum Gasteiger partial charge on any atom is -0.494 e. The number of hydrogen-bond donors (Lipinski definition) is 1. The highest BCUT2D eigenvalue weighted by molar-refractivity contribution is 7.89. The topological polar surface area (TPSA) is 75.7 Å². The number of ether oxygens (including phenoxy) is 1. The maximum absolute atomic E-state index is 12.9. The van der Waals surface area contributed by atoms with Crippen LogP contribution in [0.1, 0.15) is 48.2 Å². The largest absolute Gasteiger partial charge is 0.494 e. The first-order valence-electron chi connectivity index (χ1n) is 10.9. The predicted molar refractivity (Wildman–Crippen MR) is 131 cm³/mol. The molecule has 3 rings (SSSR count). The smallest absolute Gasteiger partial charge is 0.255 e. The van der Waals surface area contributed by atoms with Gasteiger partial charge in [-0.1, -0.05) is 44.2 Å². The number of hydrogen-bond acceptors (Lipinski definition) is 4. The van der Waals surface area contributed by atoms with E-state index >= 15 is 0 Å². The summed E-state index contributed by atoms with van der Waals surface area (Å²) in [6.07, 6.45) is 0. The number of rotatable bonds is 9. The zero-order valence-corrected chi connectivity index (χ0v) is 20.2. The third kappa shape index (κ3) is 6.00. The van der Waals surface area contributed by atoms with Crippen molar-refractivity contribution in [3.8, 4) is 5.75 Å². The van der Waals surface area contributed by atoms with Crippen LogP contribution in [-0.4, -0.2) is 32.3 Å². The number of carbonyl (C=O) groups excluding carboxylic acids is 1. The summed E-state index contributed by atoms with van der Waals surface area (Å²) in [5.41, 5.74) is 2.93. The van der Waals surface area contributed by atoms with Crippen LogP contribution < -0.4 is 10.1 Å². The molecule has 0 aliphatic rings. The zero-order valence-electron chi connectivity index (χ0n) is 19.4. The standard InChI is InChI=1S/C26H30N2O4S/c1-5-32-25-16-13-21(26(29)27-23-14-11-20(12-15-23)19(2)3)17-22(25)18-28(4)33(30,31)24-9-7-6-8-10-24/h6-17,19H,5,18H2,1-4H3,(H,27,29). The summed E-state index contributed by atoms with van der Waals surface area (Å²) < 4.78 is 32.8. The Morgan fingerprint density at radius 2 is 1.67 bits per heavy atom. The Bertz CT molecular complexity index is 1190. The van der Waals surface area contributed by atoms with Crippen LogP contribution in [0.15, 0.2) is 77.7 Å². The normalized spacial score (nSPS) is 11.6. The molecular weight excluding hydrogens is 436 g/mol. The van der Waals surface area contributed by atoms with Crippen molar-refractivity contribution in [3.05, 3.63) is 89.5 Å². The molecule has 0 fully saturated rings. The van der Waals surface area contributed by atoms with E-state index in [2.05, 4.69) is 19.2 Å². The van der Waals surface area contributed by atoms with Gasteiger partial charge in [-0.15, -0.1) is 0 Å². The fourth-order valence-corrected chi connectivity index (χ4v) is 4.56. The molecule has 0 unspecified atom stereocenters. The van der Waals surface area contributed by atoms with E-state index in [-0.39, 0.29) is 17.3 Å². The summed E-state index contributed by atoms with van der Waals surface area (Å²) in [6, 6.07) is 21.1. The highest BCUT2D eigenvalue weighted by atomic mass is 32.2. The number of sulfonamides is 1. The molecule has 0 saturated heterocycles. The van der Waals surface area contributed by atoms with Crippen molar-refractivity contribution in [1.82, 2.24) is 4.31 Å². The van der Waals surface area contributed by atoms with Crippen molar-refractivity contribution in [1.29, 1.82) is 0 Å². The van der Waals surface area contributed by atoms with Gasteiger partial charge in [0, 0.05) is 30.4 Å². The van der Waals surface area contributed by atoms with Crippen LogP contribution in [0.2, 0.25) is 0 Å². The molecule has 174 valence electrons. The minimum atomic E-state index is -3.68. The summed E-state index contributed by atoms with van der Waals surface area (Å²) in [5.74, 6) is 0.684. The molecule has 1 N–H and O–H groups in total. The van der Waals surface area contributed by atoms with Crippen LogP contribution in [0.3, 0.4) is 0 Å². The lowest BCUT2D eigenvalue weighted by atomic mass is 10.0. The Hall–Kier alpha value is -3.16. The molecule has 1 amide bonds. The van der Waals surface area contributed by atoms with Crippen molar-refractivity contribution < 1.29 is 17.9 Å². The fourth-order valence-electron chi connectivity index (χ4n) is 3.39. The van der Waals surface area contributed by atoms with E-state index in [1.807, 2.05) is 31.2 Å². The van der Waals surface area contributed by atoms with Crippen LogP contribution in [0.4, 0.5) is 5.69 Å². The monoisotopic (exact) mass is 466 g/mol. The fraction of sp³-hybridized carbons (Fsp3) is 0.269. The second-order valence-electron chi connectivity index (χ2n) is 8.06.